The summed E-state index contributed by atoms with van der Waals surface area (Å²) in [5.74, 6) is -5.63. The van der Waals surface area contributed by atoms with Gasteiger partial charge < -0.3 is 26.8 Å². The Bertz CT molecular complexity index is 1540. The largest absolute Gasteiger partial charge is 0.469 e. The SMILES string of the molecule is COC(=O)C[C@@H](c1cc(C(F)(F)F)ccc1F)C(C(N)=O)n1ncc2c(NC3=NCC(F)CN3)cc(C(N)=O)cc21. The number of guanidine groups is 1. The topological polar surface area (TPSA) is 167 Å². The Balaban J connectivity index is 1.91. The van der Waals surface area contributed by atoms with Crippen LogP contribution in [0.2, 0.25) is 0 Å². The van der Waals surface area contributed by atoms with E-state index in [2.05, 4.69) is 25.5 Å². The van der Waals surface area contributed by atoms with E-state index in [1.807, 2.05) is 0 Å². The molecule has 0 aliphatic carbocycles. The van der Waals surface area contributed by atoms with E-state index in [1.54, 1.807) is 0 Å². The molecule has 11 nitrogen and oxygen atoms in total. The highest BCUT2D eigenvalue weighted by Crippen LogP contribution is 2.39. The van der Waals surface area contributed by atoms with Crippen molar-refractivity contribution in [2.24, 2.45) is 16.5 Å². The fourth-order valence-electron chi connectivity index (χ4n) is 4.49. The number of esters is 1. The molecule has 6 N–H and O–H groups in total. The summed E-state index contributed by atoms with van der Waals surface area (Å²) < 4.78 is 74.7. The molecule has 1 aliphatic heterocycles. The van der Waals surface area contributed by atoms with Crippen LogP contribution in [0, 0.1) is 5.82 Å². The van der Waals surface area contributed by atoms with Crippen LogP contribution in [0.3, 0.4) is 0 Å². The molecule has 0 saturated heterocycles. The van der Waals surface area contributed by atoms with E-state index < -0.39 is 65.5 Å². The molecular weight excluding hydrogens is 557 g/mol. The van der Waals surface area contributed by atoms with Crippen LogP contribution in [-0.2, 0) is 20.5 Å². The van der Waals surface area contributed by atoms with Crippen LogP contribution in [-0.4, -0.2) is 59.9 Å². The van der Waals surface area contributed by atoms with Crippen LogP contribution in [0.4, 0.5) is 27.6 Å². The number of ether oxygens (including phenoxy) is 1. The van der Waals surface area contributed by atoms with Crippen molar-refractivity contribution in [3.05, 3.63) is 59.0 Å². The number of carbonyl (C=O) groups is 3. The maximum Gasteiger partial charge on any atom is 0.416 e. The highest BCUT2D eigenvalue weighted by molar-refractivity contribution is 6.07. The zero-order chi connectivity index (χ0) is 30.1. The molecule has 3 aromatic rings. The van der Waals surface area contributed by atoms with Crippen LogP contribution in [0.15, 0.2) is 41.5 Å². The number of primary amides is 2. The van der Waals surface area contributed by atoms with E-state index in [1.165, 1.54) is 18.3 Å². The Labute approximate surface area is 228 Å². The molecule has 2 amide bonds. The monoisotopic (exact) mass is 581 g/mol. The number of aliphatic imine (C=N–C) groups is 1. The first-order valence-electron chi connectivity index (χ1n) is 12.0. The van der Waals surface area contributed by atoms with Crippen LogP contribution in [0.5, 0.6) is 0 Å². The highest BCUT2D eigenvalue weighted by Gasteiger charge is 2.38. The molecule has 218 valence electrons. The molecule has 0 spiro atoms. The van der Waals surface area contributed by atoms with E-state index >= 15 is 4.39 Å². The molecule has 0 bridgehead atoms. The third-order valence-electron chi connectivity index (χ3n) is 6.47. The number of nitrogens with one attached hydrogen (secondary N) is 2. The molecule has 1 aliphatic rings. The van der Waals surface area contributed by atoms with Crippen molar-refractivity contribution in [1.82, 2.24) is 15.1 Å². The van der Waals surface area contributed by atoms with Gasteiger partial charge in [-0.2, -0.15) is 18.3 Å². The molecule has 0 fully saturated rings. The van der Waals surface area contributed by atoms with Gasteiger partial charge >= 0.3 is 12.1 Å². The average Bonchev–Trinajstić information content (AvgIpc) is 3.32. The quantitative estimate of drug-likeness (QED) is 0.234. The predicted octanol–water partition coefficient (Wildman–Crippen LogP) is 2.38. The first kappa shape index (κ1) is 29.2. The fraction of sp³-hybridized carbons (Fsp3) is 0.320. The Morgan fingerprint density at radius 1 is 1.22 bits per heavy atom. The number of methoxy groups -OCH3 is 1. The minimum absolute atomic E-state index is 0.0364. The average molecular weight is 582 g/mol. The van der Waals surface area contributed by atoms with Crippen molar-refractivity contribution in [3.8, 4) is 0 Å². The minimum atomic E-state index is -4.87. The van der Waals surface area contributed by atoms with Gasteiger partial charge in [0.05, 0.1) is 49.6 Å². The Morgan fingerprint density at radius 3 is 2.54 bits per heavy atom. The number of amides is 2. The fourth-order valence-corrected chi connectivity index (χ4v) is 4.49. The van der Waals surface area contributed by atoms with Gasteiger partial charge in [-0.1, -0.05) is 0 Å². The van der Waals surface area contributed by atoms with Crippen LogP contribution >= 0.6 is 0 Å². The number of benzene rings is 2. The number of alkyl halides is 4. The maximum absolute atomic E-state index is 15.0. The third kappa shape index (κ3) is 6.20. The third-order valence-corrected chi connectivity index (χ3v) is 6.47. The number of aromatic nitrogens is 2. The molecule has 0 saturated carbocycles. The van der Waals surface area contributed by atoms with Gasteiger partial charge in [0.1, 0.15) is 18.0 Å². The van der Waals surface area contributed by atoms with E-state index in [0.717, 1.165) is 11.8 Å². The Morgan fingerprint density at radius 2 is 1.95 bits per heavy atom. The zero-order valence-electron chi connectivity index (χ0n) is 21.3. The molecule has 2 aromatic carbocycles. The summed E-state index contributed by atoms with van der Waals surface area (Å²) in [6.07, 6.45) is -5.58. The Hall–Kier alpha value is -4.76. The van der Waals surface area contributed by atoms with Gasteiger partial charge in [-0.3, -0.25) is 19.1 Å². The van der Waals surface area contributed by atoms with E-state index in [4.69, 9.17) is 11.5 Å². The van der Waals surface area contributed by atoms with E-state index in [-0.39, 0.29) is 41.2 Å². The summed E-state index contributed by atoms with van der Waals surface area (Å²) in [6, 6.07) is 2.42. The van der Waals surface area contributed by atoms with Crippen molar-refractivity contribution in [2.75, 3.05) is 25.5 Å². The first-order valence-corrected chi connectivity index (χ1v) is 12.0. The van der Waals surface area contributed by atoms with Gasteiger partial charge in [-0.05, 0) is 35.9 Å². The normalized spacial score (nSPS) is 16.8. The van der Waals surface area contributed by atoms with Crippen LogP contribution in [0.1, 0.15) is 39.9 Å². The molecule has 2 heterocycles. The summed E-state index contributed by atoms with van der Waals surface area (Å²) in [4.78, 5) is 41.4. The molecule has 1 aromatic heterocycles. The summed E-state index contributed by atoms with van der Waals surface area (Å²) in [7, 11) is 1.01. The first-order chi connectivity index (χ1) is 19.3. The van der Waals surface area contributed by atoms with Crippen LogP contribution < -0.4 is 22.1 Å². The number of anilines is 1. The van der Waals surface area contributed by atoms with Crippen molar-refractivity contribution in [2.45, 2.75) is 30.7 Å². The van der Waals surface area contributed by atoms with E-state index in [0.29, 0.717) is 18.2 Å². The number of hydrogen-bond donors (Lipinski definition) is 4. The number of nitrogens with zero attached hydrogens (tertiary/aromatic N) is 3. The number of carbonyl (C=O) groups excluding carboxylic acids is 3. The molecule has 0 radical (unpaired) electrons. The van der Waals surface area contributed by atoms with Crippen LogP contribution in [0.25, 0.3) is 10.9 Å². The highest BCUT2D eigenvalue weighted by atomic mass is 19.4. The lowest BCUT2D eigenvalue weighted by Gasteiger charge is -2.26. The summed E-state index contributed by atoms with van der Waals surface area (Å²) >= 11 is 0. The number of hydrogen-bond acceptors (Lipinski definition) is 8. The van der Waals surface area contributed by atoms with Gasteiger partial charge in [-0.15, -0.1) is 0 Å². The summed E-state index contributed by atoms with van der Waals surface area (Å²) in [5.41, 5.74) is 9.46. The lowest BCUT2D eigenvalue weighted by atomic mass is 9.86. The predicted molar refractivity (Wildman–Crippen MR) is 136 cm³/mol. The van der Waals surface area contributed by atoms with Crippen molar-refractivity contribution < 1.29 is 41.1 Å². The molecule has 3 atom stereocenters. The second kappa shape index (κ2) is 11.4. The molecule has 16 heteroatoms. The number of rotatable bonds is 8. The maximum atomic E-state index is 15.0. The lowest BCUT2D eigenvalue weighted by molar-refractivity contribution is -0.141. The minimum Gasteiger partial charge on any atom is -0.469 e. The smallest absolute Gasteiger partial charge is 0.416 e. The second-order valence-electron chi connectivity index (χ2n) is 9.17. The summed E-state index contributed by atoms with van der Waals surface area (Å²) in [5, 5.41) is 10.1. The number of halogens is 5. The van der Waals surface area contributed by atoms with Crippen molar-refractivity contribution in [3.63, 3.8) is 0 Å². The van der Waals surface area contributed by atoms with Crippen molar-refractivity contribution in [1.29, 1.82) is 0 Å². The zero-order valence-corrected chi connectivity index (χ0v) is 21.3. The lowest BCUT2D eigenvalue weighted by Crippen LogP contribution is -2.41. The molecular formula is C25H24F5N7O4. The Kier molecular flexibility index (Phi) is 8.12. The number of nitrogens with two attached hydrogens (primary N) is 2. The standard InChI is InChI=1S/C25H24F5N7O4/c1-41-20(38)7-15(14-6-12(25(28,29)30)2-3-17(14)27)21(23(32)40)37-19-5-11(22(31)39)4-18(16(19)10-35-37)36-24-33-8-13(26)9-34-24/h2-6,10,13,15,21H,7-9H2,1H3,(H2,31,39)(H2,32,40)(H2,33,34,36)/t15-,21?/m0/s1. The van der Waals surface area contributed by atoms with Crippen molar-refractivity contribution >= 4 is 40.3 Å². The van der Waals surface area contributed by atoms with Gasteiger partial charge in [0.25, 0.3) is 0 Å². The molecule has 2 unspecified atom stereocenters. The van der Waals surface area contributed by atoms with E-state index in [9.17, 15) is 31.9 Å². The van der Waals surface area contributed by atoms with Gasteiger partial charge in [0.15, 0.2) is 5.96 Å². The van der Waals surface area contributed by atoms with Gasteiger partial charge in [-0.25, -0.2) is 13.8 Å². The van der Waals surface area contributed by atoms with Gasteiger partial charge in [0.2, 0.25) is 11.8 Å². The second-order valence-corrected chi connectivity index (χ2v) is 9.17. The molecule has 4 rings (SSSR count). The number of fused-ring (bicyclic) bond motifs is 1. The summed E-state index contributed by atoms with van der Waals surface area (Å²) in [6.45, 7) is -0.167. The van der Waals surface area contributed by atoms with Gasteiger partial charge in [0, 0.05) is 16.9 Å². The molecule has 41 heavy (non-hydrogen) atoms.